The molecule has 0 radical (unpaired) electrons. The molecule has 0 bridgehead atoms. The molecule has 2 aromatic carbocycles. The normalized spacial score (nSPS) is 17.8. The van der Waals surface area contributed by atoms with Gasteiger partial charge < -0.3 is 48.0 Å². The monoisotopic (exact) mass is 1310 g/mol. The molecule has 4 fully saturated rings. The summed E-state index contributed by atoms with van der Waals surface area (Å²) in [6.45, 7) is 18.1. The van der Waals surface area contributed by atoms with Gasteiger partial charge in [0.25, 0.3) is 0 Å². The number of anilines is 2. The molecule has 0 N–H and O–H groups in total. The average molecular weight is 1310 g/mol. The van der Waals surface area contributed by atoms with Crippen molar-refractivity contribution in [3.05, 3.63) is 69.2 Å². The highest BCUT2D eigenvalue weighted by Gasteiger charge is 2.33. The Morgan fingerprint density at radius 2 is 0.989 bits per heavy atom. The molecule has 12 rings (SSSR count). The molecule has 88 heavy (non-hydrogen) atoms. The first-order valence-corrected chi connectivity index (χ1v) is 32.5. The van der Waals surface area contributed by atoms with Gasteiger partial charge >= 0.3 is 12.2 Å². The number of fused-ring (bicyclic) bond motifs is 4. The molecular formula is C59H67Cl3F2N14O8S2. The molecule has 2 unspecified atom stereocenters. The lowest BCUT2D eigenvalue weighted by molar-refractivity contribution is -0.0368. The number of aryl methyl sites for hydroxylation is 1. The number of carbonyl (C=O) groups excluding carboxylic acids is 2. The summed E-state index contributed by atoms with van der Waals surface area (Å²) in [6, 6.07) is 6.27. The first kappa shape index (κ1) is 63.0. The molecule has 468 valence electrons. The maximum Gasteiger partial charge on any atom is 0.410 e. The first-order chi connectivity index (χ1) is 42.0. The number of carbonyl (C=O) groups is 2. The van der Waals surface area contributed by atoms with E-state index in [-0.39, 0.29) is 63.1 Å². The summed E-state index contributed by atoms with van der Waals surface area (Å²) < 4.78 is 69.4. The third kappa shape index (κ3) is 13.6. The Hall–Kier alpha value is -6.55. The van der Waals surface area contributed by atoms with Crippen molar-refractivity contribution in [1.82, 2.24) is 59.3 Å². The molecule has 4 saturated heterocycles. The third-order valence-corrected chi connectivity index (χ3v) is 16.9. The van der Waals surface area contributed by atoms with E-state index in [9.17, 15) is 9.59 Å². The maximum atomic E-state index is 15.2. The number of nitrogens with zero attached hydrogens (tertiary/aromatic N) is 14. The molecule has 4 aliphatic rings. The van der Waals surface area contributed by atoms with E-state index in [0.29, 0.717) is 131 Å². The second kappa shape index (κ2) is 26.1. The predicted molar refractivity (Wildman–Crippen MR) is 335 cm³/mol. The van der Waals surface area contributed by atoms with Gasteiger partial charge in [0.1, 0.15) is 60.7 Å². The molecule has 2 atom stereocenters. The second-order valence-electron chi connectivity index (χ2n) is 23.5. The van der Waals surface area contributed by atoms with Gasteiger partial charge in [-0.05, 0) is 112 Å². The van der Waals surface area contributed by atoms with E-state index in [1.54, 1.807) is 37.6 Å². The third-order valence-electron chi connectivity index (χ3n) is 14.9. The summed E-state index contributed by atoms with van der Waals surface area (Å²) in [5, 5.41) is 12.1. The van der Waals surface area contributed by atoms with Crippen molar-refractivity contribution in [3.63, 3.8) is 0 Å². The summed E-state index contributed by atoms with van der Waals surface area (Å²) in [7, 11) is 0. The van der Waals surface area contributed by atoms with Crippen LogP contribution >= 0.6 is 58.3 Å². The zero-order chi connectivity index (χ0) is 62.3. The van der Waals surface area contributed by atoms with Crippen LogP contribution in [0.1, 0.15) is 98.2 Å². The van der Waals surface area contributed by atoms with E-state index in [0.717, 1.165) is 43.9 Å². The van der Waals surface area contributed by atoms with Crippen molar-refractivity contribution < 1.29 is 46.8 Å². The van der Waals surface area contributed by atoms with Gasteiger partial charge in [-0.25, -0.2) is 52.7 Å². The van der Waals surface area contributed by atoms with Crippen molar-refractivity contribution in [2.24, 2.45) is 0 Å². The smallest absolute Gasteiger partial charge is 0.410 e. The molecule has 4 aliphatic heterocycles. The molecule has 29 heteroatoms. The van der Waals surface area contributed by atoms with Crippen LogP contribution in [0.4, 0.5) is 30.0 Å². The van der Waals surface area contributed by atoms with Crippen molar-refractivity contribution in [2.45, 2.75) is 121 Å². The Bertz CT molecular complexity index is 3690. The van der Waals surface area contributed by atoms with E-state index in [4.69, 9.17) is 83.2 Å². The summed E-state index contributed by atoms with van der Waals surface area (Å²) in [5.41, 5.74) is 1.38. The number of benzene rings is 2. The quantitative estimate of drug-likeness (QED) is 0.0706. The van der Waals surface area contributed by atoms with Crippen molar-refractivity contribution in [1.29, 1.82) is 0 Å². The number of thioether (sulfide) groups is 2. The van der Waals surface area contributed by atoms with Crippen molar-refractivity contribution in [2.75, 3.05) is 87.9 Å². The number of rotatable bonds is 10. The second-order valence-corrected chi connectivity index (χ2v) is 26.2. The van der Waals surface area contributed by atoms with Crippen LogP contribution in [0.15, 0.2) is 47.0 Å². The summed E-state index contributed by atoms with van der Waals surface area (Å²) >= 11 is 22.3. The summed E-state index contributed by atoms with van der Waals surface area (Å²) in [4.78, 5) is 61.0. The molecule has 6 aromatic heterocycles. The van der Waals surface area contributed by atoms with Crippen LogP contribution in [-0.4, -0.2) is 161 Å². The zero-order valence-corrected chi connectivity index (χ0v) is 54.1. The number of ether oxygens (including phenoxy) is 6. The van der Waals surface area contributed by atoms with Gasteiger partial charge in [0.2, 0.25) is 11.8 Å². The van der Waals surface area contributed by atoms with E-state index in [1.165, 1.54) is 35.7 Å². The highest BCUT2D eigenvalue weighted by Crippen LogP contribution is 2.45. The van der Waals surface area contributed by atoms with Crippen LogP contribution in [0, 0.1) is 18.6 Å². The summed E-state index contributed by atoms with van der Waals surface area (Å²) in [5.74, 6) is 0.423. The van der Waals surface area contributed by atoms with E-state index in [2.05, 4.69) is 30.0 Å². The number of aromatic nitrogens is 10. The van der Waals surface area contributed by atoms with Gasteiger partial charge in [-0.2, -0.15) is 15.2 Å². The number of piperazine rings is 2. The first-order valence-electron chi connectivity index (χ1n) is 29.0. The Morgan fingerprint density at radius 3 is 1.39 bits per heavy atom. The average Bonchev–Trinajstić information content (AvgIpc) is 3.43. The van der Waals surface area contributed by atoms with Crippen LogP contribution in [0.5, 0.6) is 23.3 Å². The van der Waals surface area contributed by atoms with Crippen molar-refractivity contribution in [3.8, 4) is 23.3 Å². The maximum absolute atomic E-state index is 15.2. The van der Waals surface area contributed by atoms with Crippen LogP contribution < -0.4 is 19.3 Å². The topological polar surface area (TPSA) is 215 Å². The molecule has 10 heterocycles. The molecule has 0 aliphatic carbocycles. The van der Waals surface area contributed by atoms with Gasteiger partial charge in [-0.15, -0.1) is 0 Å². The van der Waals surface area contributed by atoms with Gasteiger partial charge in [0.15, 0.2) is 34.3 Å². The predicted octanol–water partition coefficient (Wildman–Crippen LogP) is 13.8. The number of hydrogen-bond donors (Lipinski definition) is 0. The lowest BCUT2D eigenvalue weighted by atomic mass is 10.2. The Labute approximate surface area is 530 Å². The van der Waals surface area contributed by atoms with Crippen LogP contribution in [0.2, 0.25) is 15.2 Å². The van der Waals surface area contributed by atoms with Gasteiger partial charge in [-0.1, -0.05) is 58.3 Å². The summed E-state index contributed by atoms with van der Waals surface area (Å²) in [6.07, 6.45) is 11.2. The van der Waals surface area contributed by atoms with E-state index in [1.807, 2.05) is 67.0 Å². The van der Waals surface area contributed by atoms with E-state index >= 15 is 8.78 Å². The fourth-order valence-corrected chi connectivity index (χ4v) is 12.1. The zero-order valence-electron chi connectivity index (χ0n) is 50.2. The number of pyridine rings is 2. The molecular weight excluding hydrogens is 1240 g/mol. The molecule has 0 spiro atoms. The van der Waals surface area contributed by atoms with E-state index < -0.39 is 22.8 Å². The van der Waals surface area contributed by atoms with Crippen LogP contribution in [-0.2, 0) is 18.9 Å². The largest absolute Gasteiger partial charge is 0.444 e. The van der Waals surface area contributed by atoms with Crippen molar-refractivity contribution >= 4 is 126 Å². The Balaban J connectivity index is 0.000000182. The molecule has 8 aromatic rings. The number of hydrogen-bond acceptors (Lipinski definition) is 20. The van der Waals surface area contributed by atoms with Crippen LogP contribution in [0.25, 0.3) is 43.6 Å². The lowest BCUT2D eigenvalue weighted by Crippen LogP contribution is -2.50. The highest BCUT2D eigenvalue weighted by molar-refractivity contribution is 7.98. The minimum atomic E-state index is -0.666. The Morgan fingerprint density at radius 1 is 0.568 bits per heavy atom. The number of halogens is 5. The molecule has 0 saturated carbocycles. The van der Waals surface area contributed by atoms with Crippen LogP contribution in [0.3, 0.4) is 0 Å². The minimum Gasteiger partial charge on any atom is -0.444 e. The SMILES string of the molecule is CSc1nc(N2CCN(C(=O)OC(C)(C)C)CC2)c2cc(C)nc(Oc3c(Cl)c(F)cc4c3cnn4C3CCCCO3)c2n1.CSc1nc(N2CCN(C(=O)OC(C)(C)C)CC2)c2cc(Cl)nc(Oc3c(Cl)c(F)cc4c3cnn4C3CCCCO3)c2n1. The fraction of sp³-hybridized carbons (Fsp3) is 0.492. The van der Waals surface area contributed by atoms with Gasteiger partial charge in [0.05, 0.1) is 45.0 Å². The molecule has 22 nitrogen and oxygen atoms in total. The van der Waals surface area contributed by atoms with Gasteiger partial charge in [-0.3, -0.25) is 0 Å². The number of amides is 2. The standard InChI is InChI=1S/C30H35ClFN7O4S.C29H32Cl2FN7O4S/c1-17-14-18-24(35-28(44-5)36-26(18)37-9-11-38(12-10-37)29(40)43-30(2,3)4)27(34-17)42-25-19-16-33-39(22-8-6-7-13-41-22)21(19)15-20(32)23(25)31;1-29(2,3)43-28(40)38-10-8-37(9-11-38)25-16-13-20(30)34-26(23(16)35-27(36-25)44-4)42-24-17-15-33-39(21-7-5-6-12-41-21)19(17)14-18(32)22(24)31/h14-16,22H,6-13H2,1-5H3;13-15,21H,5-12H2,1-4H3. The fourth-order valence-electron chi connectivity index (χ4n) is 10.8. The highest BCUT2D eigenvalue weighted by atomic mass is 35.5. The minimum absolute atomic E-state index is 0.0503. The Kier molecular flexibility index (Phi) is 18.7. The lowest BCUT2D eigenvalue weighted by Gasteiger charge is -2.36. The van der Waals surface area contributed by atoms with Gasteiger partial charge in [0, 0.05) is 83.4 Å². The molecule has 2 amide bonds.